The molecule has 10 atom stereocenters. The topological polar surface area (TPSA) is 140 Å². The molecule has 0 aliphatic heterocycles. The van der Waals surface area contributed by atoms with Crippen molar-refractivity contribution in [2.75, 3.05) is 24.3 Å². The Morgan fingerprint density at radius 2 is 1.20 bits per heavy atom. The van der Waals surface area contributed by atoms with Crippen LogP contribution < -0.4 is 21.9 Å². The molecule has 8 nitrogen and oxygen atoms in total. The Bertz CT molecular complexity index is 1760. The zero-order chi connectivity index (χ0) is 40.2. The number of esters is 2. The van der Waals surface area contributed by atoms with Crippen LogP contribution in [-0.4, -0.2) is 31.3 Å². The van der Waals surface area contributed by atoms with Crippen molar-refractivity contribution in [3.8, 4) is 5.75 Å². The molecule has 304 valence electrons. The third kappa shape index (κ3) is 9.00. The van der Waals surface area contributed by atoms with Gasteiger partial charge in [0.25, 0.3) is 0 Å². The highest BCUT2D eigenvalue weighted by Gasteiger charge is 2.63. The second-order valence-electron chi connectivity index (χ2n) is 18.5. The summed E-state index contributed by atoms with van der Waals surface area (Å²) in [6.45, 7) is 12.3. The van der Waals surface area contributed by atoms with Crippen molar-refractivity contribution in [2.45, 2.75) is 117 Å². The molecule has 3 aromatic rings. The molecule has 0 radical (unpaired) electrons. The van der Waals surface area contributed by atoms with E-state index in [-0.39, 0.29) is 35.5 Å². The van der Waals surface area contributed by atoms with Crippen molar-refractivity contribution in [2.24, 2.45) is 52.3 Å². The number of nitrogen functional groups attached to an aromatic ring is 3. The largest absolute Gasteiger partial charge is 0.497 e. The van der Waals surface area contributed by atoms with Gasteiger partial charge in [0, 0.05) is 23.0 Å². The summed E-state index contributed by atoms with van der Waals surface area (Å²) in [7, 11) is 1.63. The molecule has 6 N–H and O–H groups in total. The SMILES string of the molecule is CC(C)CCCC(C)C1CCC2C3CC(OC(=O)c4ccc(N)cc4)C4CC(OC(=O)c5ccc(N)cc5)CCC4(C)C3CCC12C.COc1ccc(N)cc1. The molecule has 8 heteroatoms. The lowest BCUT2D eigenvalue weighted by Crippen LogP contribution is -2.59. The van der Waals surface area contributed by atoms with E-state index in [2.05, 4.69) is 34.6 Å². The van der Waals surface area contributed by atoms with E-state index in [0.29, 0.717) is 45.7 Å². The Labute approximate surface area is 335 Å². The molecule has 0 spiro atoms. The molecule has 0 amide bonds. The van der Waals surface area contributed by atoms with Gasteiger partial charge in [-0.3, -0.25) is 0 Å². The fourth-order valence-electron chi connectivity index (χ4n) is 11.8. The lowest BCUT2D eigenvalue weighted by Gasteiger charge is -2.62. The summed E-state index contributed by atoms with van der Waals surface area (Å²) in [5.41, 5.74) is 20.6. The first-order chi connectivity index (χ1) is 26.7. The van der Waals surface area contributed by atoms with Crippen molar-refractivity contribution in [3.63, 3.8) is 0 Å². The number of nitrogens with two attached hydrogens (primary N) is 3. The average Bonchev–Trinajstić information content (AvgIpc) is 3.53. The van der Waals surface area contributed by atoms with Gasteiger partial charge in [0.2, 0.25) is 0 Å². The molecule has 0 bridgehead atoms. The number of ether oxygens (including phenoxy) is 3. The summed E-state index contributed by atoms with van der Waals surface area (Å²) in [4.78, 5) is 26.8. The second-order valence-corrected chi connectivity index (χ2v) is 18.5. The third-order valence-electron chi connectivity index (χ3n) is 14.7. The van der Waals surface area contributed by atoms with Gasteiger partial charge < -0.3 is 31.4 Å². The first kappa shape index (κ1) is 41.4. The summed E-state index contributed by atoms with van der Waals surface area (Å²) < 4.78 is 17.6. The van der Waals surface area contributed by atoms with Crippen LogP contribution in [0.25, 0.3) is 0 Å². The first-order valence-electron chi connectivity index (χ1n) is 21.2. The number of rotatable bonds is 10. The third-order valence-corrected chi connectivity index (χ3v) is 14.7. The minimum atomic E-state index is -0.310. The molecular weight excluding hydrogens is 699 g/mol. The van der Waals surface area contributed by atoms with Crippen LogP contribution in [0.4, 0.5) is 17.1 Å². The highest BCUT2D eigenvalue weighted by atomic mass is 16.6. The molecule has 10 unspecified atom stereocenters. The highest BCUT2D eigenvalue weighted by Crippen LogP contribution is 2.69. The number of hydrogen-bond donors (Lipinski definition) is 3. The molecule has 0 heterocycles. The molecule has 4 aliphatic carbocycles. The van der Waals surface area contributed by atoms with Crippen LogP contribution >= 0.6 is 0 Å². The quantitative estimate of drug-likeness (QED) is 0.137. The van der Waals surface area contributed by atoms with Gasteiger partial charge >= 0.3 is 11.9 Å². The van der Waals surface area contributed by atoms with Gasteiger partial charge in [0.05, 0.1) is 18.2 Å². The molecule has 4 fully saturated rings. The fraction of sp³-hybridized carbons (Fsp3) is 0.583. The van der Waals surface area contributed by atoms with E-state index in [1.807, 2.05) is 12.1 Å². The molecule has 7 rings (SSSR count). The van der Waals surface area contributed by atoms with Gasteiger partial charge in [0.15, 0.2) is 0 Å². The highest BCUT2D eigenvalue weighted by molar-refractivity contribution is 5.90. The summed E-state index contributed by atoms with van der Waals surface area (Å²) in [5, 5.41) is 0. The Morgan fingerprint density at radius 3 is 1.77 bits per heavy atom. The van der Waals surface area contributed by atoms with E-state index in [4.69, 9.17) is 31.4 Å². The second kappa shape index (κ2) is 17.5. The Balaban J connectivity index is 0.000000520. The monoisotopic (exact) mass is 766 g/mol. The van der Waals surface area contributed by atoms with Crippen LogP contribution in [-0.2, 0) is 9.47 Å². The van der Waals surface area contributed by atoms with Crippen LogP contribution in [0.5, 0.6) is 5.75 Å². The minimum Gasteiger partial charge on any atom is -0.497 e. The van der Waals surface area contributed by atoms with Gasteiger partial charge in [-0.05, 0) is 171 Å². The van der Waals surface area contributed by atoms with E-state index in [1.165, 1.54) is 44.9 Å². The van der Waals surface area contributed by atoms with Gasteiger partial charge in [-0.1, -0.05) is 53.9 Å². The molecule has 4 aliphatic rings. The zero-order valence-corrected chi connectivity index (χ0v) is 34.7. The normalized spacial score (nSPS) is 31.1. The summed E-state index contributed by atoms with van der Waals surface area (Å²) in [5.74, 6) is 4.47. The maximum absolute atomic E-state index is 13.7. The van der Waals surface area contributed by atoms with E-state index < -0.39 is 0 Å². The van der Waals surface area contributed by atoms with Crippen LogP contribution in [0.2, 0.25) is 0 Å². The Kier molecular flexibility index (Phi) is 13.0. The lowest BCUT2D eigenvalue weighted by molar-refractivity contribution is -0.174. The van der Waals surface area contributed by atoms with Crippen molar-refractivity contribution < 1.29 is 23.8 Å². The smallest absolute Gasteiger partial charge is 0.338 e. The van der Waals surface area contributed by atoms with Gasteiger partial charge in [-0.25, -0.2) is 9.59 Å². The predicted octanol–water partition coefficient (Wildman–Crippen LogP) is 10.6. The molecule has 3 aromatic carbocycles. The predicted molar refractivity (Wildman–Crippen MR) is 226 cm³/mol. The van der Waals surface area contributed by atoms with E-state index in [1.54, 1.807) is 67.8 Å². The average molecular weight is 766 g/mol. The number of hydrogen-bond acceptors (Lipinski definition) is 8. The Hall–Kier alpha value is -4.20. The van der Waals surface area contributed by atoms with Crippen molar-refractivity contribution in [1.82, 2.24) is 0 Å². The van der Waals surface area contributed by atoms with Crippen LogP contribution in [0.3, 0.4) is 0 Å². The fourth-order valence-corrected chi connectivity index (χ4v) is 11.8. The molecule has 0 aromatic heterocycles. The standard InChI is InChI=1S/C41H58N2O4.C7H9NO/c1-25(2)7-6-8-26(3)33-17-18-34-32-24-37(47-39(45)28-11-15-30(43)16-12-28)36-23-31(46-38(44)27-9-13-29(42)14-10-27)19-21-41(36,5)35(32)20-22-40(33,34)4;1-9-7-4-2-6(8)3-5-7/h9-16,25-26,31-37H,6-8,17-24,42-43H2,1-5H3;2-5H,8H2,1H3. The van der Waals surface area contributed by atoms with Gasteiger partial charge in [-0.2, -0.15) is 0 Å². The molecular formula is C48H67N3O5. The zero-order valence-electron chi connectivity index (χ0n) is 34.7. The van der Waals surface area contributed by atoms with Crippen LogP contribution in [0.1, 0.15) is 126 Å². The van der Waals surface area contributed by atoms with E-state index in [0.717, 1.165) is 54.9 Å². The first-order valence-corrected chi connectivity index (χ1v) is 21.2. The van der Waals surface area contributed by atoms with E-state index >= 15 is 0 Å². The van der Waals surface area contributed by atoms with E-state index in [9.17, 15) is 9.59 Å². The van der Waals surface area contributed by atoms with Crippen molar-refractivity contribution in [1.29, 1.82) is 0 Å². The number of anilines is 3. The summed E-state index contributed by atoms with van der Waals surface area (Å²) in [6, 6.07) is 21.2. The summed E-state index contributed by atoms with van der Waals surface area (Å²) in [6.07, 6.45) is 12.2. The van der Waals surface area contributed by atoms with Crippen LogP contribution in [0.15, 0.2) is 72.8 Å². The number of fused-ring (bicyclic) bond motifs is 5. The number of carbonyl (C=O) groups excluding carboxylic acids is 2. The Morgan fingerprint density at radius 1 is 0.661 bits per heavy atom. The lowest BCUT2D eigenvalue weighted by atomic mass is 9.43. The maximum Gasteiger partial charge on any atom is 0.338 e. The number of benzene rings is 3. The molecule has 56 heavy (non-hydrogen) atoms. The summed E-state index contributed by atoms with van der Waals surface area (Å²) >= 11 is 0. The number of carbonyl (C=O) groups is 2. The number of methoxy groups -OCH3 is 1. The maximum atomic E-state index is 13.7. The van der Waals surface area contributed by atoms with Gasteiger partial charge in [0.1, 0.15) is 18.0 Å². The molecule has 4 saturated carbocycles. The minimum absolute atomic E-state index is 0.0291. The van der Waals surface area contributed by atoms with Crippen molar-refractivity contribution >= 4 is 29.0 Å². The molecule has 0 saturated heterocycles. The van der Waals surface area contributed by atoms with Crippen LogP contribution in [0, 0.1) is 52.3 Å². The van der Waals surface area contributed by atoms with Gasteiger partial charge in [-0.15, -0.1) is 0 Å². The van der Waals surface area contributed by atoms with Crippen molar-refractivity contribution in [3.05, 3.63) is 83.9 Å².